The number of amides is 2. The van der Waals surface area contributed by atoms with Gasteiger partial charge in [0.1, 0.15) is 5.82 Å². The van der Waals surface area contributed by atoms with Gasteiger partial charge in [0.25, 0.3) is 0 Å². The second-order valence-electron chi connectivity index (χ2n) is 4.33. The maximum atomic E-state index is 12.7. The normalized spacial score (nSPS) is 10.6. The third-order valence-electron chi connectivity index (χ3n) is 2.63. The Labute approximate surface area is 141 Å². The Morgan fingerprint density at radius 3 is 2.43 bits per heavy atom. The number of hydrogen-bond donors (Lipinski definition) is 2. The third kappa shape index (κ3) is 5.05. The summed E-state index contributed by atoms with van der Waals surface area (Å²) in [5.41, 5.74) is 2.82. The summed E-state index contributed by atoms with van der Waals surface area (Å²) >= 11 is 11.7. The molecule has 0 heterocycles. The van der Waals surface area contributed by atoms with Crippen LogP contribution in [-0.2, 0) is 9.59 Å². The summed E-state index contributed by atoms with van der Waals surface area (Å²) in [7, 11) is 0. The number of carbonyl (C=O) groups is 2. The van der Waals surface area contributed by atoms with Gasteiger partial charge in [0, 0.05) is 5.02 Å². The van der Waals surface area contributed by atoms with Crippen molar-refractivity contribution in [2.45, 2.75) is 0 Å². The molecule has 2 aromatic rings. The first kappa shape index (κ1) is 16.9. The summed E-state index contributed by atoms with van der Waals surface area (Å²) in [4.78, 5) is 23.3. The molecule has 0 atom stereocenters. The van der Waals surface area contributed by atoms with E-state index in [-0.39, 0.29) is 16.5 Å². The van der Waals surface area contributed by atoms with Crippen molar-refractivity contribution in [2.75, 3.05) is 5.32 Å². The molecule has 8 heteroatoms. The molecule has 118 valence electrons. The number of benzene rings is 2. The zero-order valence-electron chi connectivity index (χ0n) is 11.5. The number of nitrogens with one attached hydrogen (secondary N) is 2. The Kier molecular flexibility index (Phi) is 5.67. The topological polar surface area (TPSA) is 70.6 Å². The lowest BCUT2D eigenvalue weighted by Crippen LogP contribution is -2.32. The van der Waals surface area contributed by atoms with Crippen molar-refractivity contribution in [3.63, 3.8) is 0 Å². The van der Waals surface area contributed by atoms with Crippen molar-refractivity contribution in [1.29, 1.82) is 0 Å². The van der Waals surface area contributed by atoms with E-state index < -0.39 is 11.8 Å². The molecule has 0 unspecified atom stereocenters. The lowest BCUT2D eigenvalue weighted by Gasteiger charge is -2.06. The first-order valence-electron chi connectivity index (χ1n) is 6.31. The summed E-state index contributed by atoms with van der Waals surface area (Å²) in [5, 5.41) is 6.52. The molecule has 0 fully saturated rings. The van der Waals surface area contributed by atoms with Crippen LogP contribution in [0.1, 0.15) is 5.56 Å². The van der Waals surface area contributed by atoms with Gasteiger partial charge in [-0.1, -0.05) is 35.3 Å². The Morgan fingerprint density at radius 1 is 1.04 bits per heavy atom. The molecule has 0 saturated carbocycles. The number of hydrazone groups is 1. The SMILES string of the molecule is O=C(NN=Cc1ccc(F)cc1)C(=O)Nc1cc(Cl)ccc1Cl. The molecule has 2 aromatic carbocycles. The Bertz CT molecular complexity index is 764. The number of halogens is 3. The van der Waals surface area contributed by atoms with Gasteiger partial charge in [-0.3, -0.25) is 9.59 Å². The molecule has 0 aromatic heterocycles. The molecule has 0 aliphatic rings. The van der Waals surface area contributed by atoms with E-state index in [9.17, 15) is 14.0 Å². The van der Waals surface area contributed by atoms with Gasteiger partial charge in [0.05, 0.1) is 16.9 Å². The fourth-order valence-corrected chi connectivity index (χ4v) is 1.87. The lowest BCUT2D eigenvalue weighted by molar-refractivity contribution is -0.136. The van der Waals surface area contributed by atoms with Crippen molar-refractivity contribution in [2.24, 2.45) is 5.10 Å². The second kappa shape index (κ2) is 7.71. The van der Waals surface area contributed by atoms with Crippen LogP contribution in [-0.4, -0.2) is 18.0 Å². The van der Waals surface area contributed by atoms with Gasteiger partial charge in [-0.2, -0.15) is 5.10 Å². The van der Waals surface area contributed by atoms with E-state index in [0.29, 0.717) is 10.6 Å². The molecule has 0 spiro atoms. The van der Waals surface area contributed by atoms with Crippen LogP contribution in [0.5, 0.6) is 0 Å². The van der Waals surface area contributed by atoms with E-state index >= 15 is 0 Å². The predicted octanol–water partition coefficient (Wildman–Crippen LogP) is 3.22. The summed E-state index contributed by atoms with van der Waals surface area (Å²) in [6.45, 7) is 0. The maximum absolute atomic E-state index is 12.7. The third-order valence-corrected chi connectivity index (χ3v) is 3.20. The standard InChI is InChI=1S/C15H10Cl2FN3O2/c16-10-3-6-12(17)13(7-10)20-14(22)15(23)21-19-8-9-1-4-11(18)5-2-9/h1-8H,(H,20,22)(H,21,23). The molecule has 5 nitrogen and oxygen atoms in total. The van der Waals surface area contributed by atoms with Gasteiger partial charge in [-0.25, -0.2) is 9.82 Å². The van der Waals surface area contributed by atoms with E-state index in [0.717, 1.165) is 0 Å². The smallest absolute Gasteiger partial charge is 0.316 e. The van der Waals surface area contributed by atoms with Crippen molar-refractivity contribution in [3.05, 3.63) is 63.9 Å². The molecule has 2 N–H and O–H groups in total. The van der Waals surface area contributed by atoms with Crippen molar-refractivity contribution < 1.29 is 14.0 Å². The monoisotopic (exact) mass is 353 g/mol. The number of anilines is 1. The maximum Gasteiger partial charge on any atom is 0.329 e. The molecule has 0 saturated heterocycles. The largest absolute Gasteiger partial charge is 0.329 e. The lowest BCUT2D eigenvalue weighted by atomic mass is 10.2. The zero-order chi connectivity index (χ0) is 16.8. The van der Waals surface area contributed by atoms with Crippen LogP contribution in [0, 0.1) is 5.82 Å². The number of hydrogen-bond acceptors (Lipinski definition) is 3. The summed E-state index contributed by atoms with van der Waals surface area (Å²) in [6, 6.07) is 9.88. The van der Waals surface area contributed by atoms with E-state index in [2.05, 4.69) is 10.4 Å². The van der Waals surface area contributed by atoms with Crippen LogP contribution in [0.25, 0.3) is 0 Å². The molecular formula is C15H10Cl2FN3O2. The zero-order valence-corrected chi connectivity index (χ0v) is 13.0. The quantitative estimate of drug-likeness (QED) is 0.505. The fraction of sp³-hybridized carbons (Fsp3) is 0. The minimum atomic E-state index is -0.987. The first-order chi connectivity index (χ1) is 11.0. The van der Waals surface area contributed by atoms with Crippen LogP contribution in [0.3, 0.4) is 0 Å². The van der Waals surface area contributed by atoms with Crippen LogP contribution in [0.2, 0.25) is 10.0 Å². The first-order valence-corrected chi connectivity index (χ1v) is 7.06. The molecule has 0 aliphatic carbocycles. The average Bonchev–Trinajstić information content (AvgIpc) is 2.52. The average molecular weight is 354 g/mol. The van der Waals surface area contributed by atoms with Gasteiger partial charge < -0.3 is 5.32 Å². The van der Waals surface area contributed by atoms with Crippen LogP contribution < -0.4 is 10.7 Å². The molecule has 2 amide bonds. The summed E-state index contributed by atoms with van der Waals surface area (Å²) in [5.74, 6) is -2.33. The van der Waals surface area contributed by atoms with E-state index in [4.69, 9.17) is 23.2 Å². The van der Waals surface area contributed by atoms with Crippen LogP contribution >= 0.6 is 23.2 Å². The van der Waals surface area contributed by atoms with E-state index in [1.54, 1.807) is 6.07 Å². The highest BCUT2D eigenvalue weighted by Crippen LogP contribution is 2.25. The Hall–Kier alpha value is -2.44. The highest BCUT2D eigenvalue weighted by Gasteiger charge is 2.14. The van der Waals surface area contributed by atoms with Gasteiger partial charge >= 0.3 is 11.8 Å². The fourth-order valence-electron chi connectivity index (χ4n) is 1.54. The van der Waals surface area contributed by atoms with E-state index in [1.165, 1.54) is 42.6 Å². The minimum absolute atomic E-state index is 0.210. The molecule has 0 bridgehead atoms. The second-order valence-corrected chi connectivity index (χ2v) is 5.17. The van der Waals surface area contributed by atoms with Crippen molar-refractivity contribution in [1.82, 2.24) is 5.43 Å². The van der Waals surface area contributed by atoms with Crippen molar-refractivity contribution >= 4 is 46.9 Å². The van der Waals surface area contributed by atoms with Gasteiger partial charge in [0.2, 0.25) is 0 Å². The summed E-state index contributed by atoms with van der Waals surface area (Å²) in [6.07, 6.45) is 1.27. The molecule has 2 rings (SSSR count). The highest BCUT2D eigenvalue weighted by molar-refractivity contribution is 6.42. The van der Waals surface area contributed by atoms with Gasteiger partial charge in [-0.15, -0.1) is 0 Å². The van der Waals surface area contributed by atoms with Crippen LogP contribution in [0.4, 0.5) is 10.1 Å². The highest BCUT2D eigenvalue weighted by atomic mass is 35.5. The number of rotatable bonds is 3. The number of nitrogens with zero attached hydrogens (tertiary/aromatic N) is 1. The van der Waals surface area contributed by atoms with Gasteiger partial charge in [-0.05, 0) is 35.9 Å². The van der Waals surface area contributed by atoms with Gasteiger partial charge in [0.15, 0.2) is 0 Å². The van der Waals surface area contributed by atoms with Crippen LogP contribution in [0.15, 0.2) is 47.6 Å². The molecule has 0 aliphatic heterocycles. The molecular weight excluding hydrogens is 344 g/mol. The Balaban J connectivity index is 1.93. The Morgan fingerprint density at radius 2 is 1.74 bits per heavy atom. The van der Waals surface area contributed by atoms with Crippen molar-refractivity contribution in [3.8, 4) is 0 Å². The van der Waals surface area contributed by atoms with E-state index in [1.807, 2.05) is 5.43 Å². The predicted molar refractivity (Wildman–Crippen MR) is 87.2 cm³/mol. The summed E-state index contributed by atoms with van der Waals surface area (Å²) < 4.78 is 12.7. The molecule has 0 radical (unpaired) electrons. The molecule has 23 heavy (non-hydrogen) atoms. The number of carbonyl (C=O) groups excluding carboxylic acids is 2. The minimum Gasteiger partial charge on any atom is -0.316 e.